The van der Waals surface area contributed by atoms with Crippen molar-refractivity contribution in [2.45, 2.75) is 18.8 Å². The van der Waals surface area contributed by atoms with Crippen LogP contribution in [0.4, 0.5) is 4.39 Å². The average Bonchev–Trinajstić information content (AvgIpc) is 2.92. The number of halogens is 1. The van der Waals surface area contributed by atoms with Gasteiger partial charge in [0.15, 0.2) is 0 Å². The number of methoxy groups -OCH3 is 2. The van der Waals surface area contributed by atoms with Crippen molar-refractivity contribution >= 4 is 0 Å². The van der Waals surface area contributed by atoms with Gasteiger partial charge in [-0.15, -0.1) is 5.10 Å². The van der Waals surface area contributed by atoms with Gasteiger partial charge in [0.1, 0.15) is 12.3 Å². The Kier molecular flexibility index (Phi) is 4.72. The summed E-state index contributed by atoms with van der Waals surface area (Å²) in [5.74, 6) is -2.10. The molecule has 0 saturated heterocycles. The Bertz CT molecular complexity index is 574. The lowest BCUT2D eigenvalue weighted by Gasteiger charge is -2.30. The first-order valence-electron chi connectivity index (χ1n) is 6.59. The number of hydrogen-bond donors (Lipinski definition) is 1. The van der Waals surface area contributed by atoms with Gasteiger partial charge in [0.25, 0.3) is 0 Å². The summed E-state index contributed by atoms with van der Waals surface area (Å²) in [6.45, 7) is 1.44. The van der Waals surface area contributed by atoms with Gasteiger partial charge in [-0.1, -0.05) is 30.3 Å². The average molecular weight is 294 g/mol. The lowest BCUT2D eigenvalue weighted by molar-refractivity contribution is -0.240. The van der Waals surface area contributed by atoms with E-state index in [1.54, 1.807) is 0 Å². The summed E-state index contributed by atoms with van der Waals surface area (Å²) >= 11 is 0. The first-order valence-corrected chi connectivity index (χ1v) is 6.59. The van der Waals surface area contributed by atoms with Crippen LogP contribution in [0.5, 0.6) is 0 Å². The number of ether oxygens (including phenoxy) is 2. The molecule has 5 nitrogen and oxygen atoms in total. The Morgan fingerprint density at radius 3 is 2.43 bits per heavy atom. The highest BCUT2D eigenvalue weighted by Gasteiger charge is 2.37. The summed E-state index contributed by atoms with van der Waals surface area (Å²) < 4.78 is 25.7. The predicted octanol–water partition coefficient (Wildman–Crippen LogP) is 2.07. The van der Waals surface area contributed by atoms with E-state index in [4.69, 9.17) is 9.47 Å². The Morgan fingerprint density at radius 2 is 1.90 bits per heavy atom. The summed E-state index contributed by atoms with van der Waals surface area (Å²) in [6, 6.07) is 10.5. The lowest BCUT2D eigenvalue weighted by Crippen LogP contribution is -2.38. The summed E-state index contributed by atoms with van der Waals surface area (Å²) in [6.07, 6.45) is 0. The fourth-order valence-corrected chi connectivity index (χ4v) is 2.32. The van der Waals surface area contributed by atoms with E-state index >= 15 is 0 Å². The lowest BCUT2D eigenvalue weighted by atomic mass is 10.1. The van der Waals surface area contributed by atoms with Crippen LogP contribution in [0.3, 0.4) is 0 Å². The monoisotopic (exact) mass is 294 g/mol. The van der Waals surface area contributed by atoms with Crippen molar-refractivity contribution in [3.63, 3.8) is 0 Å². The van der Waals surface area contributed by atoms with Crippen LogP contribution in [0.1, 0.15) is 24.2 Å². The summed E-state index contributed by atoms with van der Waals surface area (Å²) in [4.78, 5) is 0. The molecule has 1 atom stereocenters. The molecular weight excluding hydrogens is 275 g/mol. The van der Waals surface area contributed by atoms with Gasteiger partial charge in [-0.25, -0.2) is 0 Å². The molecule has 1 N–H and O–H groups in total. The molecular formula is C15H19FN2O3. The fraction of sp³-hybridized carbons (Fsp3) is 0.400. The smallest absolute Gasteiger partial charge is 0.235 e. The van der Waals surface area contributed by atoms with Gasteiger partial charge in [0.2, 0.25) is 11.7 Å². The molecule has 1 heterocycles. The van der Waals surface area contributed by atoms with Crippen molar-refractivity contribution in [3.05, 3.63) is 53.6 Å². The van der Waals surface area contributed by atoms with Crippen LogP contribution in [0.25, 0.3) is 0 Å². The third kappa shape index (κ3) is 2.83. The normalized spacial score (nSPS) is 13.4. The Morgan fingerprint density at radius 1 is 1.29 bits per heavy atom. The molecule has 0 bridgehead atoms. The number of aliphatic hydroxyl groups is 1. The second-order valence-corrected chi connectivity index (χ2v) is 4.70. The zero-order valence-electron chi connectivity index (χ0n) is 12.3. The molecule has 2 aromatic rings. The summed E-state index contributed by atoms with van der Waals surface area (Å²) in [5.41, 5.74) is 1.28. The first-order chi connectivity index (χ1) is 10.1. The Hall–Kier alpha value is -1.76. The minimum atomic E-state index is -1.44. The van der Waals surface area contributed by atoms with E-state index in [1.807, 2.05) is 37.3 Å². The molecule has 0 radical (unpaired) electrons. The molecule has 114 valence electrons. The van der Waals surface area contributed by atoms with Crippen LogP contribution >= 0.6 is 0 Å². The zero-order valence-corrected chi connectivity index (χ0v) is 12.3. The molecule has 0 spiro atoms. The van der Waals surface area contributed by atoms with E-state index in [2.05, 4.69) is 5.10 Å². The van der Waals surface area contributed by atoms with Gasteiger partial charge in [0, 0.05) is 20.3 Å². The SMILES string of the molecule is COC(CO)(OC)c1cc(F)nn1C(C)c1ccccc1. The summed E-state index contributed by atoms with van der Waals surface area (Å²) in [5, 5.41) is 13.5. The molecule has 0 saturated carbocycles. The van der Waals surface area contributed by atoms with Gasteiger partial charge in [-0.2, -0.15) is 4.39 Å². The minimum absolute atomic E-state index is 0.234. The van der Waals surface area contributed by atoms with E-state index in [0.29, 0.717) is 5.69 Å². The van der Waals surface area contributed by atoms with E-state index in [9.17, 15) is 9.50 Å². The van der Waals surface area contributed by atoms with E-state index in [-0.39, 0.29) is 6.04 Å². The molecule has 1 unspecified atom stereocenters. The maximum atomic E-state index is 13.7. The maximum Gasteiger partial charge on any atom is 0.235 e. The van der Waals surface area contributed by atoms with Gasteiger partial charge < -0.3 is 14.6 Å². The molecule has 0 amide bonds. The van der Waals surface area contributed by atoms with Crippen LogP contribution in [0.2, 0.25) is 0 Å². The molecule has 6 heteroatoms. The third-order valence-electron chi connectivity index (χ3n) is 3.61. The third-order valence-corrected chi connectivity index (χ3v) is 3.61. The van der Waals surface area contributed by atoms with Crippen molar-refractivity contribution in [1.29, 1.82) is 0 Å². The number of aromatic nitrogens is 2. The van der Waals surface area contributed by atoms with E-state index in [0.717, 1.165) is 5.56 Å². The standard InChI is InChI=1S/C15H19FN2O3/c1-11(12-7-5-4-6-8-12)18-13(9-14(16)17-18)15(10-19,20-2)21-3/h4-9,11,19H,10H2,1-3H3. The molecule has 0 aliphatic carbocycles. The molecule has 2 rings (SSSR count). The first kappa shape index (κ1) is 15.6. The quantitative estimate of drug-likeness (QED) is 0.829. The fourth-order valence-electron chi connectivity index (χ4n) is 2.32. The highest BCUT2D eigenvalue weighted by Crippen LogP contribution is 2.30. The topological polar surface area (TPSA) is 56.5 Å². The molecule has 1 aromatic carbocycles. The zero-order chi connectivity index (χ0) is 15.5. The van der Waals surface area contributed by atoms with Crippen molar-refractivity contribution in [2.24, 2.45) is 0 Å². The van der Waals surface area contributed by atoms with Crippen molar-refractivity contribution in [2.75, 3.05) is 20.8 Å². The van der Waals surface area contributed by atoms with Crippen LogP contribution in [-0.4, -0.2) is 35.7 Å². The van der Waals surface area contributed by atoms with Crippen molar-refractivity contribution < 1.29 is 19.0 Å². The van der Waals surface area contributed by atoms with E-state index < -0.39 is 18.3 Å². The number of nitrogens with zero attached hydrogens (tertiary/aromatic N) is 2. The van der Waals surface area contributed by atoms with Crippen LogP contribution in [0.15, 0.2) is 36.4 Å². The highest BCUT2D eigenvalue weighted by atomic mass is 19.1. The Balaban J connectivity index is 2.51. The number of rotatable bonds is 6. The highest BCUT2D eigenvalue weighted by molar-refractivity contribution is 5.21. The van der Waals surface area contributed by atoms with Gasteiger partial charge in [0.05, 0.1) is 6.04 Å². The van der Waals surface area contributed by atoms with Crippen molar-refractivity contribution in [3.8, 4) is 0 Å². The van der Waals surface area contributed by atoms with E-state index in [1.165, 1.54) is 25.0 Å². The molecule has 21 heavy (non-hydrogen) atoms. The molecule has 0 aliphatic heterocycles. The number of benzene rings is 1. The van der Waals surface area contributed by atoms with Gasteiger partial charge in [-0.05, 0) is 12.5 Å². The Labute approximate surface area is 122 Å². The van der Waals surface area contributed by atoms with Crippen LogP contribution in [0, 0.1) is 5.95 Å². The van der Waals surface area contributed by atoms with Crippen molar-refractivity contribution in [1.82, 2.24) is 9.78 Å². The second-order valence-electron chi connectivity index (χ2n) is 4.70. The molecule has 1 aromatic heterocycles. The molecule has 0 fully saturated rings. The summed E-state index contributed by atoms with van der Waals surface area (Å²) in [7, 11) is 2.78. The van der Waals surface area contributed by atoms with Gasteiger partial charge in [-0.3, -0.25) is 4.68 Å². The molecule has 0 aliphatic rings. The maximum absolute atomic E-state index is 13.7. The number of hydrogen-bond acceptors (Lipinski definition) is 4. The largest absolute Gasteiger partial charge is 0.390 e. The predicted molar refractivity (Wildman–Crippen MR) is 75.2 cm³/mol. The van der Waals surface area contributed by atoms with Gasteiger partial charge >= 0.3 is 0 Å². The second kappa shape index (κ2) is 6.34. The minimum Gasteiger partial charge on any atom is -0.390 e. The van der Waals surface area contributed by atoms with Crippen LogP contribution < -0.4 is 0 Å². The van der Waals surface area contributed by atoms with Crippen LogP contribution in [-0.2, 0) is 15.3 Å². The number of aliphatic hydroxyl groups excluding tert-OH is 1.